The van der Waals surface area contributed by atoms with Gasteiger partial charge in [0.25, 0.3) is 0 Å². The maximum absolute atomic E-state index is 13.7. The molecular formula is C27H25F9N2O3. The van der Waals surface area contributed by atoms with Gasteiger partial charge < -0.3 is 9.64 Å². The van der Waals surface area contributed by atoms with E-state index >= 15 is 0 Å². The van der Waals surface area contributed by atoms with E-state index in [1.54, 1.807) is 13.8 Å². The van der Waals surface area contributed by atoms with Gasteiger partial charge in [-0.3, -0.25) is 9.69 Å². The number of alkyl halides is 9. The molecule has 0 saturated heterocycles. The molecule has 0 N–H and O–H groups in total. The van der Waals surface area contributed by atoms with E-state index < -0.39 is 71.6 Å². The predicted octanol–water partition coefficient (Wildman–Crippen LogP) is 7.98. The first-order valence-corrected chi connectivity index (χ1v) is 12.6. The predicted molar refractivity (Wildman–Crippen MR) is 127 cm³/mol. The van der Waals surface area contributed by atoms with Gasteiger partial charge in [-0.1, -0.05) is 0 Å². The maximum atomic E-state index is 13.7. The zero-order valence-corrected chi connectivity index (χ0v) is 21.7. The number of anilines is 1. The Balaban J connectivity index is 1.82. The van der Waals surface area contributed by atoms with Crippen molar-refractivity contribution in [2.24, 2.45) is 5.92 Å². The molecule has 0 spiro atoms. The molecule has 0 aromatic heterocycles. The maximum Gasteiger partial charge on any atom is 0.416 e. The number of rotatable bonds is 6. The lowest BCUT2D eigenvalue weighted by atomic mass is 9.86. The summed E-state index contributed by atoms with van der Waals surface area (Å²) in [7, 11) is 0. The second-order valence-electron chi connectivity index (χ2n) is 10.4. The third kappa shape index (κ3) is 6.72. The molecular weight excluding hydrogens is 571 g/mol. The molecule has 41 heavy (non-hydrogen) atoms. The lowest BCUT2D eigenvalue weighted by Gasteiger charge is -2.44. The SMILES string of the molecule is CC(C)OC(=O)N1c2ccc(C(F)(F)F)cc2[C@H](N(C=O)Cc2cc(C(F)(F)F)cc(C(F)(F)F)c2)C[C@@H]1C1CC1. The first-order valence-electron chi connectivity index (χ1n) is 12.6. The minimum atomic E-state index is -5.13. The Kier molecular flexibility index (Phi) is 8.00. The molecule has 2 aliphatic rings. The standard InChI is InChI=1S/C27H25F9N2O3/c1-14(2)41-24(40)38-21-6-5-17(25(28,29)30)10-20(21)23(11-22(38)16-3-4-16)37(13-39)12-15-7-18(26(31,32)33)9-19(8-15)27(34,35)36/h5-10,13-14,16,22-23H,3-4,11-12H2,1-2H3/t22-,23-/m1/s1. The molecule has 0 bridgehead atoms. The third-order valence-electron chi connectivity index (χ3n) is 7.02. The summed E-state index contributed by atoms with van der Waals surface area (Å²) in [6, 6.07) is 1.61. The molecule has 1 fully saturated rings. The number of nitrogens with zero attached hydrogens (tertiary/aromatic N) is 2. The Morgan fingerprint density at radius 3 is 1.95 bits per heavy atom. The summed E-state index contributed by atoms with van der Waals surface area (Å²) in [4.78, 5) is 27.5. The minimum Gasteiger partial charge on any atom is -0.446 e. The topological polar surface area (TPSA) is 49.9 Å². The van der Waals surface area contributed by atoms with E-state index in [1.807, 2.05) is 0 Å². The third-order valence-corrected chi connectivity index (χ3v) is 7.02. The van der Waals surface area contributed by atoms with E-state index in [-0.39, 0.29) is 36.1 Å². The second kappa shape index (κ2) is 10.8. The van der Waals surface area contributed by atoms with E-state index in [4.69, 9.17) is 4.74 Å². The molecule has 2 aromatic carbocycles. The van der Waals surface area contributed by atoms with Gasteiger partial charge in [-0.25, -0.2) is 4.79 Å². The zero-order valence-electron chi connectivity index (χ0n) is 21.7. The first kappa shape index (κ1) is 30.5. The molecule has 2 amide bonds. The molecule has 224 valence electrons. The van der Waals surface area contributed by atoms with Crippen molar-refractivity contribution in [1.29, 1.82) is 0 Å². The number of carbonyl (C=O) groups excluding carboxylic acids is 2. The summed E-state index contributed by atoms with van der Waals surface area (Å²) >= 11 is 0. The molecule has 0 unspecified atom stereocenters. The van der Waals surface area contributed by atoms with Crippen molar-refractivity contribution in [3.63, 3.8) is 0 Å². The number of amides is 2. The number of benzene rings is 2. The lowest BCUT2D eigenvalue weighted by molar-refractivity contribution is -0.143. The molecule has 14 heteroatoms. The normalized spacial score (nSPS) is 19.7. The first-order chi connectivity index (χ1) is 18.9. The molecule has 2 aromatic rings. The van der Waals surface area contributed by atoms with Gasteiger partial charge in [0.15, 0.2) is 0 Å². The van der Waals surface area contributed by atoms with Crippen LogP contribution in [0, 0.1) is 5.92 Å². The van der Waals surface area contributed by atoms with Gasteiger partial charge in [0, 0.05) is 12.6 Å². The number of ether oxygens (including phenoxy) is 1. The smallest absolute Gasteiger partial charge is 0.416 e. The van der Waals surface area contributed by atoms with E-state index in [9.17, 15) is 49.1 Å². The van der Waals surface area contributed by atoms with Crippen LogP contribution in [-0.2, 0) is 34.6 Å². The van der Waals surface area contributed by atoms with Gasteiger partial charge in [-0.2, -0.15) is 39.5 Å². The van der Waals surface area contributed by atoms with E-state index in [2.05, 4.69) is 0 Å². The Labute approximate surface area is 228 Å². The fraction of sp³-hybridized carbons (Fsp3) is 0.481. The molecule has 1 aliphatic carbocycles. The van der Waals surface area contributed by atoms with Crippen LogP contribution in [0.2, 0.25) is 0 Å². The number of hydrogen-bond acceptors (Lipinski definition) is 3. The van der Waals surface area contributed by atoms with Gasteiger partial charge in [-0.15, -0.1) is 0 Å². The highest BCUT2D eigenvalue weighted by Crippen LogP contribution is 2.49. The van der Waals surface area contributed by atoms with E-state index in [0.29, 0.717) is 25.0 Å². The van der Waals surface area contributed by atoms with Crippen molar-refractivity contribution >= 4 is 18.2 Å². The second-order valence-corrected chi connectivity index (χ2v) is 10.4. The van der Waals surface area contributed by atoms with Gasteiger partial charge >= 0.3 is 24.6 Å². The molecule has 4 rings (SSSR count). The van der Waals surface area contributed by atoms with Crippen molar-refractivity contribution in [3.05, 3.63) is 64.2 Å². The Morgan fingerprint density at radius 1 is 0.927 bits per heavy atom. The summed E-state index contributed by atoms with van der Waals surface area (Å²) in [6.07, 6.45) is -15.0. The Morgan fingerprint density at radius 2 is 1.49 bits per heavy atom. The molecule has 2 atom stereocenters. The van der Waals surface area contributed by atoms with Crippen LogP contribution in [0.4, 0.5) is 50.0 Å². The number of carbonyl (C=O) groups is 2. The monoisotopic (exact) mass is 596 g/mol. The van der Waals surface area contributed by atoms with Crippen molar-refractivity contribution < 1.29 is 53.8 Å². The van der Waals surface area contributed by atoms with Crippen LogP contribution in [0.15, 0.2) is 36.4 Å². The van der Waals surface area contributed by atoms with Crippen LogP contribution in [0.3, 0.4) is 0 Å². The summed E-state index contributed by atoms with van der Waals surface area (Å²) in [5.74, 6) is -0.0912. The quantitative estimate of drug-likeness (QED) is 0.251. The fourth-order valence-electron chi connectivity index (χ4n) is 5.09. The van der Waals surface area contributed by atoms with Crippen molar-refractivity contribution in [3.8, 4) is 0 Å². The highest BCUT2D eigenvalue weighted by atomic mass is 19.4. The van der Waals surface area contributed by atoms with Gasteiger partial charge in [0.05, 0.1) is 34.5 Å². The average Bonchev–Trinajstić information content (AvgIpc) is 3.69. The van der Waals surface area contributed by atoms with E-state index in [0.717, 1.165) is 23.1 Å². The molecule has 1 aliphatic heterocycles. The summed E-state index contributed by atoms with van der Waals surface area (Å²) < 4.78 is 127. The Bertz CT molecular complexity index is 1270. The molecule has 5 nitrogen and oxygen atoms in total. The van der Waals surface area contributed by atoms with Gasteiger partial charge in [-0.05, 0) is 86.6 Å². The summed E-state index contributed by atoms with van der Waals surface area (Å²) in [5.41, 5.74) is -4.91. The number of hydrogen-bond donors (Lipinski definition) is 0. The summed E-state index contributed by atoms with van der Waals surface area (Å²) in [6.45, 7) is 2.41. The van der Waals surface area contributed by atoms with Crippen LogP contribution < -0.4 is 4.90 Å². The summed E-state index contributed by atoms with van der Waals surface area (Å²) in [5, 5.41) is 0. The van der Waals surface area contributed by atoms with E-state index in [1.165, 1.54) is 4.90 Å². The lowest BCUT2D eigenvalue weighted by Crippen LogP contribution is -2.49. The van der Waals surface area contributed by atoms with Crippen molar-refractivity contribution in [2.45, 2.75) is 76.4 Å². The van der Waals surface area contributed by atoms with Crippen molar-refractivity contribution in [1.82, 2.24) is 4.90 Å². The van der Waals surface area contributed by atoms with Crippen LogP contribution >= 0.6 is 0 Å². The Hall–Kier alpha value is -3.45. The van der Waals surface area contributed by atoms with Crippen molar-refractivity contribution in [2.75, 3.05) is 4.90 Å². The van der Waals surface area contributed by atoms with Gasteiger partial charge in [0.1, 0.15) is 0 Å². The highest BCUT2D eigenvalue weighted by Gasteiger charge is 2.47. The number of halogens is 9. The largest absolute Gasteiger partial charge is 0.446 e. The molecule has 1 saturated carbocycles. The highest BCUT2D eigenvalue weighted by molar-refractivity contribution is 5.90. The van der Waals surface area contributed by atoms with Crippen LogP contribution in [0.1, 0.15) is 67.0 Å². The van der Waals surface area contributed by atoms with Crippen LogP contribution in [-0.4, -0.2) is 29.5 Å². The van der Waals surface area contributed by atoms with Crippen LogP contribution in [0.5, 0.6) is 0 Å². The van der Waals surface area contributed by atoms with Crippen LogP contribution in [0.25, 0.3) is 0 Å². The van der Waals surface area contributed by atoms with Gasteiger partial charge in [0.2, 0.25) is 6.41 Å². The fourth-order valence-corrected chi connectivity index (χ4v) is 5.09. The average molecular weight is 596 g/mol. The number of fused-ring (bicyclic) bond motifs is 1. The molecule has 1 heterocycles. The minimum absolute atomic E-state index is 0.0173. The zero-order chi connectivity index (χ0) is 30.5. The molecule has 0 radical (unpaired) electrons.